The van der Waals surface area contributed by atoms with Crippen LogP contribution in [0.5, 0.6) is 0 Å². The normalized spacial score (nSPS) is 10.2. The van der Waals surface area contributed by atoms with E-state index in [4.69, 9.17) is 0 Å². The predicted octanol–water partition coefficient (Wildman–Crippen LogP) is 7.59. The van der Waals surface area contributed by atoms with Crippen LogP contribution in [0.3, 0.4) is 0 Å². The van der Waals surface area contributed by atoms with E-state index < -0.39 is 11.6 Å². The first-order valence-corrected chi connectivity index (χ1v) is 9.24. The Morgan fingerprint density at radius 1 is 0.654 bits per heavy atom. The maximum atomic E-state index is 14.1. The van der Waals surface area contributed by atoms with Gasteiger partial charge in [-0.2, -0.15) is 0 Å². The van der Waals surface area contributed by atoms with Gasteiger partial charge in [-0.3, -0.25) is 0 Å². The molecular weight excluding hydrogens is 326 g/mol. The van der Waals surface area contributed by atoms with Crippen LogP contribution < -0.4 is 0 Å². The second-order valence-corrected chi connectivity index (χ2v) is 6.08. The highest BCUT2D eigenvalue weighted by atomic mass is 19.2. The van der Waals surface area contributed by atoms with Crippen molar-refractivity contribution in [2.45, 2.75) is 40.5 Å². The van der Waals surface area contributed by atoms with Crippen LogP contribution >= 0.6 is 0 Å². The lowest BCUT2D eigenvalue weighted by Gasteiger charge is -2.08. The molecule has 0 aliphatic rings. The van der Waals surface area contributed by atoms with Crippen LogP contribution in [-0.4, -0.2) is 0 Å². The standard InChI is InChI=1S/C22H20F2.C2H6/c1-3-4-16-6-8-17(9-7-16)18-10-12-19(13-11-18)20-14-5-15(2)21(23)22(20)24;1-2/h5-14H,3-4H2,1-2H3;1-2H3. The average Bonchev–Trinajstić information content (AvgIpc) is 2.69. The molecule has 0 aromatic heterocycles. The number of halogens is 2. The van der Waals surface area contributed by atoms with Crippen LogP contribution in [0.25, 0.3) is 22.3 Å². The quantitative estimate of drug-likeness (QED) is 0.454. The lowest BCUT2D eigenvalue weighted by molar-refractivity contribution is 0.505. The molecule has 0 spiro atoms. The molecule has 0 unspecified atom stereocenters. The fourth-order valence-electron chi connectivity index (χ4n) is 2.86. The summed E-state index contributed by atoms with van der Waals surface area (Å²) in [4.78, 5) is 0. The zero-order valence-corrected chi connectivity index (χ0v) is 15.9. The molecule has 0 aliphatic carbocycles. The fourth-order valence-corrected chi connectivity index (χ4v) is 2.86. The number of rotatable bonds is 4. The topological polar surface area (TPSA) is 0 Å². The number of benzene rings is 3. The average molecular weight is 352 g/mol. The third-order valence-corrected chi connectivity index (χ3v) is 4.30. The molecule has 0 atom stereocenters. The van der Waals surface area contributed by atoms with E-state index in [-0.39, 0.29) is 0 Å². The molecule has 3 rings (SSSR count). The largest absolute Gasteiger partial charge is 0.203 e. The van der Waals surface area contributed by atoms with Gasteiger partial charge in [0.15, 0.2) is 11.6 Å². The summed E-state index contributed by atoms with van der Waals surface area (Å²) in [6.45, 7) is 7.73. The molecule has 0 saturated heterocycles. The van der Waals surface area contributed by atoms with Crippen LogP contribution in [0.4, 0.5) is 8.78 Å². The number of aryl methyl sites for hydroxylation is 2. The van der Waals surface area contributed by atoms with Gasteiger partial charge in [0.05, 0.1) is 0 Å². The molecule has 3 aromatic rings. The Balaban J connectivity index is 0.00000117. The Morgan fingerprint density at radius 3 is 1.69 bits per heavy atom. The fraction of sp³-hybridized carbons (Fsp3) is 0.250. The summed E-state index contributed by atoms with van der Waals surface area (Å²) >= 11 is 0. The summed E-state index contributed by atoms with van der Waals surface area (Å²) in [5.41, 5.74) is 4.81. The molecule has 0 N–H and O–H groups in total. The van der Waals surface area contributed by atoms with Crippen molar-refractivity contribution in [3.63, 3.8) is 0 Å². The van der Waals surface area contributed by atoms with Gasteiger partial charge >= 0.3 is 0 Å². The Hall–Kier alpha value is -2.48. The molecule has 0 aliphatic heterocycles. The molecule has 0 bridgehead atoms. The van der Waals surface area contributed by atoms with E-state index >= 15 is 0 Å². The van der Waals surface area contributed by atoms with Crippen molar-refractivity contribution in [3.8, 4) is 22.3 Å². The highest BCUT2D eigenvalue weighted by Crippen LogP contribution is 2.29. The van der Waals surface area contributed by atoms with Gasteiger partial charge in [0, 0.05) is 5.56 Å². The Bertz CT molecular complexity index is 831. The second kappa shape index (κ2) is 9.28. The van der Waals surface area contributed by atoms with Crippen molar-refractivity contribution < 1.29 is 8.78 Å². The summed E-state index contributed by atoms with van der Waals surface area (Å²) in [6, 6.07) is 19.3. The lowest BCUT2D eigenvalue weighted by Crippen LogP contribution is -1.93. The Labute approximate surface area is 155 Å². The first kappa shape index (κ1) is 19.8. The molecule has 0 fully saturated rings. The molecule has 136 valence electrons. The van der Waals surface area contributed by atoms with Crippen LogP contribution in [0.1, 0.15) is 38.3 Å². The van der Waals surface area contributed by atoms with Crippen molar-refractivity contribution in [2.75, 3.05) is 0 Å². The van der Waals surface area contributed by atoms with Gasteiger partial charge in [-0.1, -0.05) is 87.9 Å². The molecule has 0 saturated carbocycles. The van der Waals surface area contributed by atoms with Crippen molar-refractivity contribution in [1.82, 2.24) is 0 Å². The van der Waals surface area contributed by atoms with Crippen LogP contribution in [0.2, 0.25) is 0 Å². The minimum atomic E-state index is -0.785. The zero-order valence-electron chi connectivity index (χ0n) is 15.9. The van der Waals surface area contributed by atoms with E-state index in [2.05, 4.69) is 31.2 Å². The van der Waals surface area contributed by atoms with Gasteiger partial charge < -0.3 is 0 Å². The first-order valence-electron chi connectivity index (χ1n) is 9.24. The Kier molecular flexibility index (Phi) is 7.08. The summed E-state index contributed by atoms with van der Waals surface area (Å²) < 4.78 is 27.9. The van der Waals surface area contributed by atoms with E-state index in [0.717, 1.165) is 24.0 Å². The monoisotopic (exact) mass is 352 g/mol. The van der Waals surface area contributed by atoms with Gasteiger partial charge in [-0.15, -0.1) is 0 Å². The predicted molar refractivity (Wildman–Crippen MR) is 107 cm³/mol. The second-order valence-electron chi connectivity index (χ2n) is 6.08. The SMILES string of the molecule is CC.CCCc1ccc(-c2ccc(-c3ccc(C)c(F)c3F)cc2)cc1. The molecule has 3 aromatic carbocycles. The third-order valence-electron chi connectivity index (χ3n) is 4.30. The minimum Gasteiger partial charge on any atom is -0.203 e. The van der Waals surface area contributed by atoms with E-state index in [1.54, 1.807) is 19.1 Å². The highest BCUT2D eigenvalue weighted by Gasteiger charge is 2.12. The molecule has 26 heavy (non-hydrogen) atoms. The molecular formula is C24H26F2. The summed E-state index contributed by atoms with van der Waals surface area (Å²) in [5.74, 6) is -1.56. The van der Waals surface area contributed by atoms with Gasteiger partial charge in [0.25, 0.3) is 0 Å². The first-order chi connectivity index (χ1) is 12.6. The van der Waals surface area contributed by atoms with Gasteiger partial charge in [-0.05, 0) is 41.2 Å². The molecule has 0 amide bonds. The van der Waals surface area contributed by atoms with Crippen LogP contribution in [-0.2, 0) is 6.42 Å². The number of hydrogen-bond acceptors (Lipinski definition) is 0. The summed E-state index contributed by atoms with van der Waals surface area (Å²) in [5, 5.41) is 0. The minimum absolute atomic E-state index is 0.294. The van der Waals surface area contributed by atoms with Gasteiger partial charge in [-0.25, -0.2) is 8.78 Å². The molecule has 2 heteroatoms. The Morgan fingerprint density at radius 2 is 1.15 bits per heavy atom. The van der Waals surface area contributed by atoms with Gasteiger partial charge in [0.2, 0.25) is 0 Å². The number of hydrogen-bond donors (Lipinski definition) is 0. The van der Waals surface area contributed by atoms with Crippen LogP contribution in [0, 0.1) is 18.6 Å². The van der Waals surface area contributed by atoms with Crippen molar-refractivity contribution >= 4 is 0 Å². The van der Waals surface area contributed by atoms with Crippen molar-refractivity contribution in [1.29, 1.82) is 0 Å². The smallest absolute Gasteiger partial charge is 0.166 e. The van der Waals surface area contributed by atoms with E-state index in [0.29, 0.717) is 16.7 Å². The third kappa shape index (κ3) is 4.37. The maximum Gasteiger partial charge on any atom is 0.166 e. The maximum absolute atomic E-state index is 14.1. The zero-order chi connectivity index (χ0) is 19.1. The molecule has 0 heterocycles. The summed E-state index contributed by atoms with van der Waals surface area (Å²) in [7, 11) is 0. The van der Waals surface area contributed by atoms with E-state index in [9.17, 15) is 8.78 Å². The van der Waals surface area contributed by atoms with Gasteiger partial charge in [0.1, 0.15) is 0 Å². The van der Waals surface area contributed by atoms with E-state index in [1.165, 1.54) is 5.56 Å². The highest BCUT2D eigenvalue weighted by molar-refractivity contribution is 5.71. The van der Waals surface area contributed by atoms with Crippen molar-refractivity contribution in [2.24, 2.45) is 0 Å². The van der Waals surface area contributed by atoms with Crippen LogP contribution in [0.15, 0.2) is 60.7 Å². The van der Waals surface area contributed by atoms with E-state index in [1.807, 2.05) is 38.1 Å². The van der Waals surface area contributed by atoms with Crippen molar-refractivity contribution in [3.05, 3.63) is 83.4 Å². The molecule has 0 nitrogen and oxygen atoms in total. The summed E-state index contributed by atoms with van der Waals surface area (Å²) in [6.07, 6.45) is 2.21. The molecule has 0 radical (unpaired) electrons. The lowest BCUT2D eigenvalue weighted by atomic mass is 9.98.